The molecule has 0 aliphatic carbocycles. The maximum atomic E-state index is 13.1. The van der Waals surface area contributed by atoms with Gasteiger partial charge in [-0.1, -0.05) is 0 Å². The fourth-order valence-electron chi connectivity index (χ4n) is 2.67. The Balaban J connectivity index is 2.14. The molecule has 0 saturated carbocycles. The van der Waals surface area contributed by atoms with Crippen LogP contribution in [0.1, 0.15) is 33.9 Å². The molecule has 0 aliphatic rings. The van der Waals surface area contributed by atoms with Gasteiger partial charge in [-0.25, -0.2) is 4.99 Å². The van der Waals surface area contributed by atoms with E-state index in [-0.39, 0.29) is 5.69 Å². The van der Waals surface area contributed by atoms with Gasteiger partial charge >= 0.3 is 12.1 Å². The summed E-state index contributed by atoms with van der Waals surface area (Å²) in [6, 6.07) is 2.86. The molecule has 2 aromatic rings. The van der Waals surface area contributed by atoms with Gasteiger partial charge in [0, 0.05) is 22.4 Å². The van der Waals surface area contributed by atoms with Crippen LogP contribution in [0.5, 0.6) is 0 Å². The molecule has 2 amide bonds. The number of amides is 2. The maximum Gasteiger partial charge on any atom is 0.416 e. The van der Waals surface area contributed by atoms with Crippen molar-refractivity contribution >= 4 is 45.4 Å². The lowest BCUT2D eigenvalue weighted by molar-refractivity contribution is -0.138. The number of aliphatic carboxylic acids is 1. The zero-order valence-corrected chi connectivity index (χ0v) is 18.3. The largest absolute Gasteiger partial charge is 0.481 e. The van der Waals surface area contributed by atoms with Crippen molar-refractivity contribution in [3.63, 3.8) is 0 Å². The molecule has 1 aromatic heterocycles. The van der Waals surface area contributed by atoms with Crippen LogP contribution in [0.2, 0.25) is 0 Å². The molecule has 10 nitrogen and oxygen atoms in total. The van der Waals surface area contributed by atoms with Crippen LogP contribution in [0.15, 0.2) is 46.1 Å². The molecule has 2 rings (SSSR count). The summed E-state index contributed by atoms with van der Waals surface area (Å²) < 4.78 is 40.0. The Labute approximate surface area is 193 Å². The van der Waals surface area contributed by atoms with E-state index in [1.807, 2.05) is 0 Å². The number of pyridine rings is 1. The van der Waals surface area contributed by atoms with Crippen molar-refractivity contribution in [3.8, 4) is 0 Å². The Hall–Kier alpha value is -3.68. The van der Waals surface area contributed by atoms with E-state index < -0.39 is 60.1 Å². The number of aliphatic imine (C=N–C) groups is 1. The summed E-state index contributed by atoms with van der Waals surface area (Å²) in [5.41, 5.74) is 8.87. The first-order chi connectivity index (χ1) is 15.3. The zero-order chi connectivity index (χ0) is 24.8. The van der Waals surface area contributed by atoms with Gasteiger partial charge in [0.15, 0.2) is 5.96 Å². The van der Waals surface area contributed by atoms with Gasteiger partial charge in [0.1, 0.15) is 0 Å². The van der Waals surface area contributed by atoms with E-state index in [1.165, 1.54) is 12.4 Å². The zero-order valence-electron chi connectivity index (χ0n) is 16.7. The van der Waals surface area contributed by atoms with E-state index in [4.69, 9.17) is 16.6 Å². The van der Waals surface area contributed by atoms with Crippen molar-refractivity contribution in [3.05, 3.63) is 57.8 Å². The van der Waals surface area contributed by atoms with Crippen LogP contribution < -0.4 is 22.1 Å². The van der Waals surface area contributed by atoms with Crippen molar-refractivity contribution in [1.29, 1.82) is 0 Å². The van der Waals surface area contributed by atoms with Gasteiger partial charge in [-0.3, -0.25) is 19.4 Å². The number of carbonyl (C=O) groups excluding carboxylic acids is 2. The topological polar surface area (TPSA) is 173 Å². The molecule has 0 bridgehead atoms. The number of benzene rings is 1. The van der Waals surface area contributed by atoms with E-state index in [0.29, 0.717) is 22.2 Å². The third kappa shape index (κ3) is 8.07. The van der Waals surface area contributed by atoms with Gasteiger partial charge in [0.2, 0.25) is 5.91 Å². The number of nitrogens with one attached hydrogen (secondary N) is 2. The van der Waals surface area contributed by atoms with Gasteiger partial charge in [-0.05, 0) is 45.8 Å². The molecule has 0 spiro atoms. The molecular weight excluding hydrogens is 513 g/mol. The van der Waals surface area contributed by atoms with Crippen molar-refractivity contribution in [1.82, 2.24) is 15.6 Å². The Morgan fingerprint density at radius 1 is 1.15 bits per heavy atom. The summed E-state index contributed by atoms with van der Waals surface area (Å²) in [5.74, 6) is -3.47. The van der Waals surface area contributed by atoms with Crippen LogP contribution in [0.4, 0.5) is 18.9 Å². The molecule has 7 N–H and O–H groups in total. The molecule has 1 aromatic carbocycles. The summed E-state index contributed by atoms with van der Waals surface area (Å²) >= 11 is 3.19. The van der Waals surface area contributed by atoms with Gasteiger partial charge in [-0.2, -0.15) is 13.2 Å². The predicted molar refractivity (Wildman–Crippen MR) is 114 cm³/mol. The molecule has 14 heteroatoms. The first-order valence-electron chi connectivity index (χ1n) is 9.07. The number of guanidine groups is 1. The van der Waals surface area contributed by atoms with Crippen LogP contribution in [-0.4, -0.2) is 40.4 Å². The third-order valence-electron chi connectivity index (χ3n) is 4.02. The highest BCUT2D eigenvalue weighted by molar-refractivity contribution is 9.10. The fourth-order valence-corrected chi connectivity index (χ4v) is 3.06. The number of carboxylic acids is 1. The normalized spacial score (nSPS) is 11.9. The van der Waals surface area contributed by atoms with Gasteiger partial charge in [-0.15, -0.1) is 0 Å². The number of hydrogen-bond acceptors (Lipinski definition) is 5. The summed E-state index contributed by atoms with van der Waals surface area (Å²) in [6.07, 6.45) is -2.41. The Morgan fingerprint density at radius 3 is 2.42 bits per heavy atom. The average Bonchev–Trinajstić information content (AvgIpc) is 2.69. The monoisotopic (exact) mass is 530 g/mol. The molecular formula is C19H18BrF3N6O4. The van der Waals surface area contributed by atoms with E-state index in [9.17, 15) is 27.6 Å². The lowest BCUT2D eigenvalue weighted by Gasteiger charge is -2.18. The minimum absolute atomic E-state index is 0.303. The van der Waals surface area contributed by atoms with E-state index >= 15 is 0 Å². The number of nitrogens with two attached hydrogens (primary N) is 2. The lowest BCUT2D eigenvalue weighted by Crippen LogP contribution is -2.39. The van der Waals surface area contributed by atoms with Crippen LogP contribution in [0.25, 0.3) is 0 Å². The Morgan fingerprint density at radius 2 is 1.85 bits per heavy atom. The van der Waals surface area contributed by atoms with Gasteiger partial charge in [0.25, 0.3) is 5.91 Å². The molecule has 176 valence electrons. The van der Waals surface area contributed by atoms with Gasteiger partial charge in [0.05, 0.1) is 30.3 Å². The van der Waals surface area contributed by atoms with E-state index in [0.717, 1.165) is 6.07 Å². The number of hydrogen-bond donors (Lipinski definition) is 5. The highest BCUT2D eigenvalue weighted by atomic mass is 79.9. The molecule has 0 fully saturated rings. The number of carboxylic acid groups (broad SMARTS) is 1. The average molecular weight is 531 g/mol. The minimum Gasteiger partial charge on any atom is -0.481 e. The third-order valence-corrected chi connectivity index (χ3v) is 4.45. The van der Waals surface area contributed by atoms with Gasteiger partial charge < -0.3 is 27.2 Å². The standard InChI is InChI=1S/C19H18BrF3N6O4/c20-12-2-10(6-26-7-12)14(5-16(31)32)29-15(30)8-27-17(33)9-1-11(19(21,22)23)4-13(3-9)28-18(24)25/h1-4,6-7,14H,5,8H2,(H,27,33)(H,29,30)(H,31,32)(H4,24,25,28). The number of carbonyl (C=O) groups is 3. The summed E-state index contributed by atoms with van der Waals surface area (Å²) in [6.45, 7) is -0.635. The highest BCUT2D eigenvalue weighted by Crippen LogP contribution is 2.32. The molecule has 1 heterocycles. The number of alkyl halides is 3. The second kappa shape index (κ2) is 10.8. The molecule has 0 radical (unpaired) electrons. The number of aromatic nitrogens is 1. The summed E-state index contributed by atoms with van der Waals surface area (Å²) in [4.78, 5) is 43.2. The predicted octanol–water partition coefficient (Wildman–Crippen LogP) is 1.83. The molecule has 0 saturated heterocycles. The Bertz CT molecular complexity index is 1090. The van der Waals surface area contributed by atoms with Crippen molar-refractivity contribution in [2.75, 3.05) is 6.54 Å². The second-order valence-electron chi connectivity index (χ2n) is 6.64. The molecule has 1 atom stereocenters. The molecule has 0 aliphatic heterocycles. The number of rotatable bonds is 8. The molecule has 33 heavy (non-hydrogen) atoms. The number of halogens is 4. The lowest BCUT2D eigenvalue weighted by atomic mass is 10.1. The second-order valence-corrected chi connectivity index (χ2v) is 7.56. The van der Waals surface area contributed by atoms with Crippen molar-refractivity contribution in [2.24, 2.45) is 16.5 Å². The fraction of sp³-hybridized carbons (Fsp3) is 0.211. The van der Waals surface area contributed by atoms with Crippen LogP contribution in [0, 0.1) is 0 Å². The Kier molecular flexibility index (Phi) is 8.34. The highest BCUT2D eigenvalue weighted by Gasteiger charge is 2.32. The SMILES string of the molecule is NC(N)=Nc1cc(C(=O)NCC(=O)NC(CC(=O)O)c2cncc(Br)c2)cc(C(F)(F)F)c1. The smallest absolute Gasteiger partial charge is 0.416 e. The minimum atomic E-state index is -4.77. The van der Waals surface area contributed by atoms with Crippen LogP contribution in [-0.2, 0) is 15.8 Å². The molecule has 1 unspecified atom stereocenters. The first kappa shape index (κ1) is 25.6. The number of nitrogens with zero attached hydrogens (tertiary/aromatic N) is 2. The summed E-state index contributed by atoms with van der Waals surface area (Å²) in [5, 5.41) is 13.7. The van der Waals surface area contributed by atoms with E-state index in [2.05, 4.69) is 36.5 Å². The maximum absolute atomic E-state index is 13.1. The van der Waals surface area contributed by atoms with Crippen molar-refractivity contribution in [2.45, 2.75) is 18.6 Å². The van der Waals surface area contributed by atoms with Crippen molar-refractivity contribution < 1.29 is 32.7 Å². The van der Waals surface area contributed by atoms with Crippen LogP contribution >= 0.6 is 15.9 Å². The van der Waals surface area contributed by atoms with E-state index in [1.54, 1.807) is 6.07 Å². The first-order valence-corrected chi connectivity index (χ1v) is 9.86. The summed E-state index contributed by atoms with van der Waals surface area (Å²) in [7, 11) is 0. The van der Waals surface area contributed by atoms with Crippen LogP contribution in [0.3, 0.4) is 0 Å². The quantitative estimate of drug-likeness (QED) is 0.255.